The van der Waals surface area contributed by atoms with Crippen LogP contribution in [0.4, 0.5) is 5.69 Å². The Morgan fingerprint density at radius 2 is 1.58 bits per heavy atom. The zero-order valence-electron chi connectivity index (χ0n) is 14.5. The summed E-state index contributed by atoms with van der Waals surface area (Å²) >= 11 is 0. The van der Waals surface area contributed by atoms with E-state index in [9.17, 15) is 14.4 Å². The van der Waals surface area contributed by atoms with Crippen molar-refractivity contribution < 1.29 is 14.4 Å². The van der Waals surface area contributed by atoms with E-state index >= 15 is 0 Å². The molecule has 1 aliphatic rings. The monoisotopic (exact) mass is 351 g/mol. The van der Waals surface area contributed by atoms with Gasteiger partial charge in [-0.1, -0.05) is 19.1 Å². The van der Waals surface area contributed by atoms with E-state index in [1.807, 2.05) is 0 Å². The van der Waals surface area contributed by atoms with Crippen molar-refractivity contribution in [2.75, 3.05) is 5.32 Å². The van der Waals surface area contributed by atoms with Crippen LogP contribution in [0.15, 0.2) is 48.5 Å². The molecule has 4 N–H and O–H groups in total. The van der Waals surface area contributed by atoms with Gasteiger partial charge in [-0.05, 0) is 54.3 Å². The molecule has 0 saturated heterocycles. The second kappa shape index (κ2) is 7.39. The average Bonchev–Trinajstić information content (AvgIpc) is 3.37. The molecule has 26 heavy (non-hydrogen) atoms. The van der Waals surface area contributed by atoms with Crippen LogP contribution in [0.3, 0.4) is 0 Å². The molecule has 0 spiro atoms. The SMILES string of the molecule is CC1CC1C(=O)Nc1ccc(C(=O)NCc2ccc(C(N)=O)cc2)cc1. The standard InChI is InChI=1S/C20H21N3O3/c1-12-10-17(12)20(26)23-16-8-6-15(7-9-16)19(25)22-11-13-2-4-14(5-3-13)18(21)24/h2-9,12,17H,10-11H2,1H3,(H2,21,24)(H,22,25)(H,23,26). The van der Waals surface area contributed by atoms with E-state index in [4.69, 9.17) is 5.73 Å². The highest BCUT2D eigenvalue weighted by Gasteiger charge is 2.39. The van der Waals surface area contributed by atoms with Gasteiger partial charge >= 0.3 is 0 Å². The molecule has 3 rings (SSSR count). The zero-order valence-corrected chi connectivity index (χ0v) is 14.5. The molecule has 2 aromatic rings. The number of primary amides is 1. The van der Waals surface area contributed by atoms with Gasteiger partial charge in [-0.3, -0.25) is 14.4 Å². The molecule has 0 aliphatic heterocycles. The maximum absolute atomic E-state index is 12.2. The number of nitrogens with one attached hydrogen (secondary N) is 2. The van der Waals surface area contributed by atoms with Crippen molar-refractivity contribution in [1.82, 2.24) is 5.32 Å². The summed E-state index contributed by atoms with van der Waals surface area (Å²) in [6.45, 7) is 2.40. The van der Waals surface area contributed by atoms with Crippen LogP contribution < -0.4 is 16.4 Å². The number of hydrogen-bond donors (Lipinski definition) is 3. The highest BCUT2D eigenvalue weighted by atomic mass is 16.2. The number of amides is 3. The predicted molar refractivity (Wildman–Crippen MR) is 98.5 cm³/mol. The molecule has 6 heteroatoms. The van der Waals surface area contributed by atoms with Crippen LogP contribution in [-0.2, 0) is 11.3 Å². The largest absolute Gasteiger partial charge is 0.366 e. The molecule has 1 saturated carbocycles. The Morgan fingerprint density at radius 1 is 1.00 bits per heavy atom. The summed E-state index contributed by atoms with van der Waals surface area (Å²) < 4.78 is 0. The molecule has 0 bridgehead atoms. The van der Waals surface area contributed by atoms with Gasteiger partial charge in [-0.15, -0.1) is 0 Å². The highest BCUT2D eigenvalue weighted by Crippen LogP contribution is 2.38. The number of anilines is 1. The Balaban J connectivity index is 1.52. The van der Waals surface area contributed by atoms with Crippen molar-refractivity contribution >= 4 is 23.4 Å². The summed E-state index contributed by atoms with van der Waals surface area (Å²) in [6.07, 6.45) is 0.937. The molecule has 134 valence electrons. The third kappa shape index (κ3) is 4.27. The first-order chi connectivity index (χ1) is 12.4. The van der Waals surface area contributed by atoms with Crippen LogP contribution in [0.1, 0.15) is 39.6 Å². The quantitative estimate of drug-likeness (QED) is 0.744. The second-order valence-corrected chi connectivity index (χ2v) is 6.63. The van der Waals surface area contributed by atoms with E-state index in [-0.39, 0.29) is 17.7 Å². The Bertz CT molecular complexity index is 828. The second-order valence-electron chi connectivity index (χ2n) is 6.63. The van der Waals surface area contributed by atoms with Gasteiger partial charge in [0.25, 0.3) is 5.91 Å². The molecule has 2 aromatic carbocycles. The number of hydrogen-bond acceptors (Lipinski definition) is 3. The van der Waals surface area contributed by atoms with E-state index in [1.165, 1.54) is 0 Å². The lowest BCUT2D eigenvalue weighted by atomic mass is 10.1. The van der Waals surface area contributed by atoms with E-state index in [1.54, 1.807) is 48.5 Å². The van der Waals surface area contributed by atoms with Crippen LogP contribution >= 0.6 is 0 Å². The molecular formula is C20H21N3O3. The summed E-state index contributed by atoms with van der Waals surface area (Å²) in [6, 6.07) is 13.6. The third-order valence-electron chi connectivity index (χ3n) is 4.55. The molecule has 0 aromatic heterocycles. The van der Waals surface area contributed by atoms with Crippen molar-refractivity contribution in [3.8, 4) is 0 Å². The van der Waals surface area contributed by atoms with Gasteiger partial charge in [0, 0.05) is 29.3 Å². The molecule has 0 radical (unpaired) electrons. The summed E-state index contributed by atoms with van der Waals surface area (Å²) in [7, 11) is 0. The summed E-state index contributed by atoms with van der Waals surface area (Å²) in [5.74, 6) is -0.0910. The maximum Gasteiger partial charge on any atom is 0.251 e. The van der Waals surface area contributed by atoms with Crippen molar-refractivity contribution in [1.29, 1.82) is 0 Å². The van der Waals surface area contributed by atoms with Crippen LogP contribution in [0.25, 0.3) is 0 Å². The molecule has 0 heterocycles. The van der Waals surface area contributed by atoms with Gasteiger partial charge in [-0.25, -0.2) is 0 Å². The first-order valence-electron chi connectivity index (χ1n) is 8.52. The lowest BCUT2D eigenvalue weighted by molar-refractivity contribution is -0.117. The normalized spacial score (nSPS) is 18.0. The minimum atomic E-state index is -0.482. The Kier molecular flexibility index (Phi) is 5.02. The number of carbonyl (C=O) groups is 3. The predicted octanol–water partition coefficient (Wildman–Crippen LogP) is 2.31. The smallest absolute Gasteiger partial charge is 0.251 e. The highest BCUT2D eigenvalue weighted by molar-refractivity contribution is 5.97. The first-order valence-corrected chi connectivity index (χ1v) is 8.52. The molecule has 1 fully saturated rings. The lowest BCUT2D eigenvalue weighted by Crippen LogP contribution is -2.23. The topological polar surface area (TPSA) is 101 Å². The molecule has 6 nitrogen and oxygen atoms in total. The van der Waals surface area contributed by atoms with E-state index in [0.29, 0.717) is 29.3 Å². The van der Waals surface area contributed by atoms with E-state index in [0.717, 1.165) is 12.0 Å². The van der Waals surface area contributed by atoms with Gasteiger partial charge in [0.15, 0.2) is 0 Å². The van der Waals surface area contributed by atoms with Crippen LogP contribution in [0, 0.1) is 11.8 Å². The molecule has 1 aliphatic carbocycles. The lowest BCUT2D eigenvalue weighted by Gasteiger charge is -2.08. The van der Waals surface area contributed by atoms with Crippen molar-refractivity contribution in [2.45, 2.75) is 19.9 Å². The fraction of sp³-hybridized carbons (Fsp3) is 0.250. The van der Waals surface area contributed by atoms with Crippen molar-refractivity contribution in [3.05, 3.63) is 65.2 Å². The molecule has 3 amide bonds. The van der Waals surface area contributed by atoms with E-state index < -0.39 is 5.91 Å². The number of rotatable bonds is 6. The maximum atomic E-state index is 12.2. The van der Waals surface area contributed by atoms with Crippen molar-refractivity contribution in [3.63, 3.8) is 0 Å². The fourth-order valence-electron chi connectivity index (χ4n) is 2.70. The van der Waals surface area contributed by atoms with Gasteiger partial charge in [0.1, 0.15) is 0 Å². The molecule has 2 atom stereocenters. The minimum absolute atomic E-state index is 0.0362. The van der Waals surface area contributed by atoms with Gasteiger partial charge in [-0.2, -0.15) is 0 Å². The summed E-state index contributed by atoms with van der Waals surface area (Å²) in [4.78, 5) is 35.2. The summed E-state index contributed by atoms with van der Waals surface area (Å²) in [5, 5.41) is 5.68. The first kappa shape index (κ1) is 17.7. The fourth-order valence-corrected chi connectivity index (χ4v) is 2.70. The van der Waals surface area contributed by atoms with Gasteiger partial charge in [0.2, 0.25) is 11.8 Å². The zero-order chi connectivity index (χ0) is 18.7. The number of benzene rings is 2. The minimum Gasteiger partial charge on any atom is -0.366 e. The Morgan fingerprint density at radius 3 is 2.12 bits per heavy atom. The van der Waals surface area contributed by atoms with Crippen LogP contribution in [0.2, 0.25) is 0 Å². The average molecular weight is 351 g/mol. The molecular weight excluding hydrogens is 330 g/mol. The van der Waals surface area contributed by atoms with Crippen molar-refractivity contribution in [2.24, 2.45) is 17.6 Å². The number of nitrogens with two attached hydrogens (primary N) is 1. The third-order valence-corrected chi connectivity index (χ3v) is 4.55. The number of carbonyl (C=O) groups excluding carboxylic acids is 3. The molecule has 2 unspecified atom stereocenters. The van der Waals surface area contributed by atoms with E-state index in [2.05, 4.69) is 17.6 Å². The summed E-state index contributed by atoms with van der Waals surface area (Å²) in [5.41, 5.74) is 7.69. The Labute approximate surface area is 151 Å². The van der Waals surface area contributed by atoms with Gasteiger partial charge in [0.05, 0.1) is 0 Å². The Hall–Kier alpha value is -3.15. The van der Waals surface area contributed by atoms with Crippen LogP contribution in [0.5, 0.6) is 0 Å². The van der Waals surface area contributed by atoms with Gasteiger partial charge < -0.3 is 16.4 Å². The van der Waals surface area contributed by atoms with Crippen LogP contribution in [-0.4, -0.2) is 17.7 Å².